The van der Waals surface area contributed by atoms with E-state index in [4.69, 9.17) is 9.84 Å². The summed E-state index contributed by atoms with van der Waals surface area (Å²) in [5.74, 6) is -0.354. The summed E-state index contributed by atoms with van der Waals surface area (Å²) >= 11 is 0. The van der Waals surface area contributed by atoms with Crippen molar-refractivity contribution in [3.8, 4) is 5.75 Å². The molecule has 116 valence electrons. The summed E-state index contributed by atoms with van der Waals surface area (Å²) in [6.07, 6.45) is 1.42. The Balaban J connectivity index is 2.06. The summed E-state index contributed by atoms with van der Waals surface area (Å²) in [5, 5.41) is 9.38. The quantitative estimate of drug-likeness (QED) is 0.798. The van der Waals surface area contributed by atoms with E-state index >= 15 is 0 Å². The van der Waals surface area contributed by atoms with Crippen LogP contribution in [0.25, 0.3) is 10.9 Å². The van der Waals surface area contributed by atoms with Gasteiger partial charge in [-0.25, -0.2) is 9.78 Å². The van der Waals surface area contributed by atoms with Crippen molar-refractivity contribution in [2.45, 2.75) is 6.54 Å². The third kappa shape index (κ3) is 2.78. The number of carbonyl (C=O) groups is 1. The van der Waals surface area contributed by atoms with E-state index < -0.39 is 5.97 Å². The molecule has 1 N–H and O–H groups in total. The SMILES string of the molecule is COc1ccccc1Cn1cnc2cc(C(=O)O)ccc2c1=O. The number of methoxy groups -OCH3 is 1. The second kappa shape index (κ2) is 5.92. The maximum Gasteiger partial charge on any atom is 0.335 e. The minimum absolute atomic E-state index is 0.104. The van der Waals surface area contributed by atoms with E-state index in [2.05, 4.69) is 4.98 Å². The van der Waals surface area contributed by atoms with Gasteiger partial charge in [0.15, 0.2) is 0 Å². The molecule has 0 atom stereocenters. The van der Waals surface area contributed by atoms with Gasteiger partial charge in [-0.15, -0.1) is 0 Å². The lowest BCUT2D eigenvalue weighted by atomic mass is 10.1. The van der Waals surface area contributed by atoms with Crippen LogP contribution >= 0.6 is 0 Å². The van der Waals surface area contributed by atoms with E-state index in [1.165, 1.54) is 29.1 Å². The van der Waals surface area contributed by atoms with Gasteiger partial charge in [0.05, 0.1) is 36.4 Å². The van der Waals surface area contributed by atoms with E-state index in [-0.39, 0.29) is 11.1 Å². The second-order valence-electron chi connectivity index (χ2n) is 5.03. The lowest BCUT2D eigenvalue weighted by molar-refractivity contribution is 0.0697. The average Bonchev–Trinajstić information content (AvgIpc) is 2.57. The Morgan fingerprint density at radius 1 is 1.26 bits per heavy atom. The maximum atomic E-state index is 12.5. The largest absolute Gasteiger partial charge is 0.496 e. The van der Waals surface area contributed by atoms with E-state index in [9.17, 15) is 9.59 Å². The van der Waals surface area contributed by atoms with Gasteiger partial charge in [0.2, 0.25) is 0 Å². The fourth-order valence-corrected chi connectivity index (χ4v) is 2.42. The smallest absolute Gasteiger partial charge is 0.335 e. The van der Waals surface area contributed by atoms with E-state index in [0.717, 1.165) is 5.56 Å². The van der Waals surface area contributed by atoms with Gasteiger partial charge in [-0.1, -0.05) is 18.2 Å². The molecule has 0 saturated heterocycles. The minimum Gasteiger partial charge on any atom is -0.496 e. The number of carboxylic acids is 1. The fraction of sp³-hybridized carbons (Fsp3) is 0.118. The number of aromatic carboxylic acids is 1. The first-order chi connectivity index (χ1) is 11.1. The van der Waals surface area contributed by atoms with Crippen molar-refractivity contribution in [1.29, 1.82) is 0 Å². The number of nitrogens with zero attached hydrogens (tertiary/aromatic N) is 2. The zero-order valence-corrected chi connectivity index (χ0v) is 12.4. The second-order valence-corrected chi connectivity index (χ2v) is 5.03. The highest BCUT2D eigenvalue weighted by molar-refractivity contribution is 5.92. The van der Waals surface area contributed by atoms with Crippen LogP contribution in [0.1, 0.15) is 15.9 Å². The highest BCUT2D eigenvalue weighted by Gasteiger charge is 2.10. The number of hydrogen-bond acceptors (Lipinski definition) is 4. The van der Waals surface area contributed by atoms with Crippen molar-refractivity contribution in [2.75, 3.05) is 7.11 Å². The van der Waals surface area contributed by atoms with E-state index in [1.54, 1.807) is 7.11 Å². The van der Waals surface area contributed by atoms with Crippen LogP contribution in [0.5, 0.6) is 5.75 Å². The van der Waals surface area contributed by atoms with Crippen LogP contribution in [0, 0.1) is 0 Å². The van der Waals surface area contributed by atoms with Gasteiger partial charge >= 0.3 is 5.97 Å². The van der Waals surface area contributed by atoms with Gasteiger partial charge in [-0.3, -0.25) is 9.36 Å². The third-order valence-corrected chi connectivity index (χ3v) is 3.61. The van der Waals surface area contributed by atoms with Crippen LogP contribution in [-0.2, 0) is 6.54 Å². The Bertz CT molecular complexity index is 947. The molecule has 0 saturated carbocycles. The van der Waals surface area contributed by atoms with Crippen molar-refractivity contribution in [2.24, 2.45) is 0 Å². The van der Waals surface area contributed by atoms with Gasteiger partial charge in [0.1, 0.15) is 5.75 Å². The highest BCUT2D eigenvalue weighted by Crippen LogP contribution is 2.18. The highest BCUT2D eigenvalue weighted by atomic mass is 16.5. The Morgan fingerprint density at radius 2 is 2.04 bits per heavy atom. The number of benzene rings is 2. The van der Waals surface area contributed by atoms with Crippen LogP contribution < -0.4 is 10.3 Å². The summed E-state index contributed by atoms with van der Waals surface area (Å²) in [4.78, 5) is 27.7. The lowest BCUT2D eigenvalue weighted by Gasteiger charge is -2.10. The molecule has 0 fully saturated rings. The molecule has 3 rings (SSSR count). The molecule has 0 aliphatic heterocycles. The molecular weight excluding hydrogens is 296 g/mol. The normalized spacial score (nSPS) is 10.7. The number of rotatable bonds is 4. The Hall–Kier alpha value is -3.15. The van der Waals surface area contributed by atoms with E-state index in [1.807, 2.05) is 24.3 Å². The van der Waals surface area contributed by atoms with Crippen molar-refractivity contribution in [3.05, 3.63) is 70.3 Å². The first-order valence-electron chi connectivity index (χ1n) is 6.94. The number of hydrogen-bond donors (Lipinski definition) is 1. The van der Waals surface area contributed by atoms with Crippen LogP contribution in [-0.4, -0.2) is 27.7 Å². The zero-order chi connectivity index (χ0) is 16.4. The molecule has 3 aromatic rings. The molecule has 6 heteroatoms. The molecule has 0 spiro atoms. The molecule has 0 amide bonds. The number of para-hydroxylation sites is 1. The Morgan fingerprint density at radius 3 is 2.78 bits per heavy atom. The van der Waals surface area contributed by atoms with Crippen molar-refractivity contribution in [1.82, 2.24) is 9.55 Å². The first kappa shape index (κ1) is 14.8. The summed E-state index contributed by atoms with van der Waals surface area (Å²) in [6.45, 7) is 0.326. The van der Waals surface area contributed by atoms with Gasteiger partial charge in [-0.2, -0.15) is 0 Å². The summed E-state index contributed by atoms with van der Waals surface area (Å²) < 4.78 is 6.76. The molecule has 2 aromatic carbocycles. The topological polar surface area (TPSA) is 81.4 Å². The minimum atomic E-state index is -1.05. The summed E-state index contributed by atoms with van der Waals surface area (Å²) in [5.41, 5.74) is 1.11. The molecule has 0 radical (unpaired) electrons. The predicted molar refractivity (Wildman–Crippen MR) is 85.1 cm³/mol. The average molecular weight is 310 g/mol. The first-order valence-corrected chi connectivity index (χ1v) is 6.94. The van der Waals surface area contributed by atoms with Crippen LogP contribution in [0.4, 0.5) is 0 Å². The van der Waals surface area contributed by atoms with Gasteiger partial charge in [0, 0.05) is 5.56 Å². The van der Waals surface area contributed by atoms with Crippen molar-refractivity contribution < 1.29 is 14.6 Å². The summed E-state index contributed by atoms with van der Waals surface area (Å²) in [6, 6.07) is 11.7. The number of carboxylic acid groups (broad SMARTS) is 1. The van der Waals surface area contributed by atoms with Crippen LogP contribution in [0.2, 0.25) is 0 Å². The Labute approximate surface area is 131 Å². The lowest BCUT2D eigenvalue weighted by Crippen LogP contribution is -2.21. The van der Waals surface area contributed by atoms with Gasteiger partial charge < -0.3 is 9.84 Å². The summed E-state index contributed by atoms with van der Waals surface area (Å²) in [7, 11) is 1.58. The molecular formula is C17H14N2O4. The van der Waals surface area contributed by atoms with Crippen LogP contribution in [0.3, 0.4) is 0 Å². The zero-order valence-electron chi connectivity index (χ0n) is 12.4. The third-order valence-electron chi connectivity index (χ3n) is 3.61. The molecule has 23 heavy (non-hydrogen) atoms. The number of aromatic nitrogens is 2. The monoisotopic (exact) mass is 310 g/mol. The molecule has 0 aliphatic carbocycles. The number of fused-ring (bicyclic) bond motifs is 1. The molecule has 0 bridgehead atoms. The molecule has 1 aromatic heterocycles. The fourth-order valence-electron chi connectivity index (χ4n) is 2.42. The number of ether oxygens (including phenoxy) is 1. The molecule has 0 aliphatic rings. The van der Waals surface area contributed by atoms with Gasteiger partial charge in [0.25, 0.3) is 5.56 Å². The predicted octanol–water partition coefficient (Wildman–Crippen LogP) is 2.15. The molecule has 6 nitrogen and oxygen atoms in total. The maximum absolute atomic E-state index is 12.5. The van der Waals surface area contributed by atoms with Crippen LogP contribution in [0.15, 0.2) is 53.6 Å². The van der Waals surface area contributed by atoms with E-state index in [0.29, 0.717) is 23.2 Å². The van der Waals surface area contributed by atoms with Gasteiger partial charge in [-0.05, 0) is 24.3 Å². The van der Waals surface area contributed by atoms with Crippen molar-refractivity contribution >= 4 is 16.9 Å². The Kier molecular flexibility index (Phi) is 3.80. The van der Waals surface area contributed by atoms with Crippen molar-refractivity contribution in [3.63, 3.8) is 0 Å². The standard InChI is InChI=1S/C17H14N2O4/c1-23-15-5-3-2-4-12(15)9-19-10-18-14-8-11(17(21)22)6-7-13(14)16(19)20/h2-8,10H,9H2,1H3,(H,21,22). The molecule has 0 unspecified atom stereocenters. The molecule has 1 heterocycles.